The van der Waals surface area contributed by atoms with Gasteiger partial charge in [0.2, 0.25) is 10.0 Å². The molecule has 1 fully saturated rings. The first-order valence-corrected chi connectivity index (χ1v) is 11.3. The maximum Gasteiger partial charge on any atom is 0.243 e. The molecule has 4 rings (SSSR count). The van der Waals surface area contributed by atoms with E-state index in [9.17, 15) is 8.42 Å². The van der Waals surface area contributed by atoms with Crippen LogP contribution in [-0.2, 0) is 29.3 Å². The molecule has 6 heteroatoms. The van der Waals surface area contributed by atoms with E-state index in [2.05, 4.69) is 9.88 Å². The number of nitrogens with zero attached hydrogens (tertiary/aromatic N) is 3. The molecule has 144 valence electrons. The minimum absolute atomic E-state index is 0.463. The van der Waals surface area contributed by atoms with Gasteiger partial charge in [-0.2, -0.15) is 4.31 Å². The molecule has 1 aromatic heterocycles. The standard InChI is InChI=1S/C21H27N3O2S/c25-27(26,21-9-8-18-5-1-2-6-19(18)17-21)24-15-13-23(14-16-24)12-10-20-7-3-4-11-22-20/h3-4,7-9,11,17H,1-2,5-6,10,12-16H2. The minimum Gasteiger partial charge on any atom is -0.300 e. The Morgan fingerprint density at radius 3 is 2.44 bits per heavy atom. The molecule has 2 heterocycles. The molecule has 27 heavy (non-hydrogen) atoms. The van der Waals surface area contributed by atoms with Crippen molar-refractivity contribution in [3.8, 4) is 0 Å². The van der Waals surface area contributed by atoms with Crippen molar-refractivity contribution < 1.29 is 8.42 Å². The van der Waals surface area contributed by atoms with E-state index >= 15 is 0 Å². The number of pyridine rings is 1. The van der Waals surface area contributed by atoms with Gasteiger partial charge in [0.1, 0.15) is 0 Å². The molecule has 2 aliphatic rings. The van der Waals surface area contributed by atoms with Crippen LogP contribution in [0.5, 0.6) is 0 Å². The quantitative estimate of drug-likeness (QED) is 0.794. The van der Waals surface area contributed by atoms with Gasteiger partial charge in [-0.05, 0) is 61.1 Å². The second-order valence-electron chi connectivity index (χ2n) is 7.45. The zero-order chi connectivity index (χ0) is 18.7. The fraction of sp³-hybridized carbons (Fsp3) is 0.476. The van der Waals surface area contributed by atoms with Crippen LogP contribution < -0.4 is 0 Å². The van der Waals surface area contributed by atoms with E-state index in [0.29, 0.717) is 18.0 Å². The summed E-state index contributed by atoms with van der Waals surface area (Å²) in [6.07, 6.45) is 7.16. The molecule has 0 atom stereocenters. The van der Waals surface area contributed by atoms with Crippen molar-refractivity contribution in [2.75, 3.05) is 32.7 Å². The number of hydrogen-bond donors (Lipinski definition) is 0. The number of hydrogen-bond acceptors (Lipinski definition) is 4. The van der Waals surface area contributed by atoms with E-state index in [1.807, 2.05) is 36.5 Å². The van der Waals surface area contributed by atoms with Crippen molar-refractivity contribution in [2.45, 2.75) is 37.0 Å². The van der Waals surface area contributed by atoms with Gasteiger partial charge in [-0.25, -0.2) is 8.42 Å². The summed E-state index contributed by atoms with van der Waals surface area (Å²) in [5.74, 6) is 0. The highest BCUT2D eigenvalue weighted by atomic mass is 32.2. The number of benzene rings is 1. The monoisotopic (exact) mass is 385 g/mol. The topological polar surface area (TPSA) is 53.5 Å². The highest BCUT2D eigenvalue weighted by Crippen LogP contribution is 2.26. The molecule has 1 aliphatic heterocycles. The van der Waals surface area contributed by atoms with E-state index < -0.39 is 10.0 Å². The first-order valence-electron chi connectivity index (χ1n) is 9.87. The van der Waals surface area contributed by atoms with Gasteiger partial charge < -0.3 is 4.90 Å². The van der Waals surface area contributed by atoms with Gasteiger partial charge in [0.15, 0.2) is 0 Å². The van der Waals surface area contributed by atoms with Gasteiger partial charge in [-0.1, -0.05) is 12.1 Å². The molecule has 1 aromatic carbocycles. The predicted molar refractivity (Wildman–Crippen MR) is 106 cm³/mol. The molecular weight excluding hydrogens is 358 g/mol. The van der Waals surface area contributed by atoms with E-state index in [1.54, 1.807) is 10.4 Å². The Morgan fingerprint density at radius 2 is 1.70 bits per heavy atom. The third-order valence-electron chi connectivity index (χ3n) is 5.70. The second-order valence-corrected chi connectivity index (χ2v) is 9.39. The molecule has 0 amide bonds. The van der Waals surface area contributed by atoms with E-state index in [4.69, 9.17) is 0 Å². The van der Waals surface area contributed by atoms with Crippen LogP contribution in [-0.4, -0.2) is 55.3 Å². The highest BCUT2D eigenvalue weighted by molar-refractivity contribution is 7.89. The average Bonchev–Trinajstić information content (AvgIpc) is 2.73. The van der Waals surface area contributed by atoms with Crippen molar-refractivity contribution >= 4 is 10.0 Å². The van der Waals surface area contributed by atoms with Gasteiger partial charge in [0.05, 0.1) is 4.90 Å². The summed E-state index contributed by atoms with van der Waals surface area (Å²) in [5, 5.41) is 0. The summed E-state index contributed by atoms with van der Waals surface area (Å²) < 4.78 is 27.8. The van der Waals surface area contributed by atoms with Crippen molar-refractivity contribution in [3.05, 3.63) is 59.4 Å². The molecule has 1 aliphatic carbocycles. The number of rotatable bonds is 5. The van der Waals surface area contributed by atoms with Crippen molar-refractivity contribution in [1.29, 1.82) is 0 Å². The zero-order valence-electron chi connectivity index (χ0n) is 15.7. The Labute approximate surface area is 162 Å². The van der Waals surface area contributed by atoms with Gasteiger partial charge in [-0.15, -0.1) is 0 Å². The van der Waals surface area contributed by atoms with E-state index in [-0.39, 0.29) is 0 Å². The van der Waals surface area contributed by atoms with Crippen LogP contribution in [0.15, 0.2) is 47.5 Å². The Balaban J connectivity index is 1.37. The number of sulfonamides is 1. The first kappa shape index (κ1) is 18.6. The molecule has 0 unspecified atom stereocenters. The van der Waals surface area contributed by atoms with Gasteiger partial charge >= 0.3 is 0 Å². The number of aromatic nitrogens is 1. The normalized spacial score (nSPS) is 19.0. The lowest BCUT2D eigenvalue weighted by Gasteiger charge is -2.34. The average molecular weight is 386 g/mol. The number of piperazine rings is 1. The fourth-order valence-electron chi connectivity index (χ4n) is 4.03. The van der Waals surface area contributed by atoms with Crippen molar-refractivity contribution in [1.82, 2.24) is 14.2 Å². The molecule has 1 saturated heterocycles. The maximum absolute atomic E-state index is 13.1. The Bertz CT molecular complexity index is 876. The largest absolute Gasteiger partial charge is 0.300 e. The van der Waals surface area contributed by atoms with E-state index in [0.717, 1.165) is 51.0 Å². The maximum atomic E-state index is 13.1. The fourth-order valence-corrected chi connectivity index (χ4v) is 5.50. The first-order chi connectivity index (χ1) is 13.1. The molecule has 2 aromatic rings. The Morgan fingerprint density at radius 1 is 0.926 bits per heavy atom. The van der Waals surface area contributed by atoms with Crippen LogP contribution in [0.25, 0.3) is 0 Å². The summed E-state index contributed by atoms with van der Waals surface area (Å²) in [6.45, 7) is 3.58. The third kappa shape index (κ3) is 4.23. The summed E-state index contributed by atoms with van der Waals surface area (Å²) in [4.78, 5) is 7.15. The van der Waals surface area contributed by atoms with Crippen LogP contribution in [0.2, 0.25) is 0 Å². The summed E-state index contributed by atoms with van der Waals surface area (Å²) >= 11 is 0. The minimum atomic E-state index is -3.39. The lowest BCUT2D eigenvalue weighted by molar-refractivity contribution is 0.190. The summed E-state index contributed by atoms with van der Waals surface area (Å²) in [7, 11) is -3.39. The lowest BCUT2D eigenvalue weighted by atomic mass is 9.92. The predicted octanol–water partition coefficient (Wildman–Crippen LogP) is 2.51. The van der Waals surface area contributed by atoms with Crippen molar-refractivity contribution in [3.63, 3.8) is 0 Å². The molecular formula is C21H27N3O2S. The van der Waals surface area contributed by atoms with Crippen LogP contribution >= 0.6 is 0 Å². The van der Waals surface area contributed by atoms with Crippen LogP contribution in [0, 0.1) is 0 Å². The summed E-state index contributed by atoms with van der Waals surface area (Å²) in [6, 6.07) is 11.7. The second kappa shape index (κ2) is 8.09. The molecule has 0 bridgehead atoms. The van der Waals surface area contributed by atoms with Crippen LogP contribution in [0.4, 0.5) is 0 Å². The van der Waals surface area contributed by atoms with Crippen LogP contribution in [0.3, 0.4) is 0 Å². The zero-order valence-corrected chi connectivity index (χ0v) is 16.5. The van der Waals surface area contributed by atoms with Crippen LogP contribution in [0.1, 0.15) is 29.7 Å². The highest BCUT2D eigenvalue weighted by Gasteiger charge is 2.29. The Kier molecular flexibility index (Phi) is 5.57. The summed E-state index contributed by atoms with van der Waals surface area (Å²) in [5.41, 5.74) is 3.62. The molecule has 0 radical (unpaired) electrons. The molecule has 0 saturated carbocycles. The van der Waals surface area contributed by atoms with E-state index in [1.165, 1.54) is 17.5 Å². The molecule has 0 N–H and O–H groups in total. The number of fused-ring (bicyclic) bond motifs is 1. The smallest absolute Gasteiger partial charge is 0.243 e. The lowest BCUT2D eigenvalue weighted by Crippen LogP contribution is -2.49. The van der Waals surface area contributed by atoms with Gasteiger partial charge in [-0.3, -0.25) is 4.98 Å². The molecule has 5 nitrogen and oxygen atoms in total. The van der Waals surface area contributed by atoms with Crippen molar-refractivity contribution in [2.24, 2.45) is 0 Å². The Hall–Kier alpha value is -1.76. The molecule has 0 spiro atoms. The SMILES string of the molecule is O=S(=O)(c1ccc2c(c1)CCCC2)N1CCN(CCc2ccccn2)CC1. The van der Waals surface area contributed by atoms with Gasteiger partial charge in [0, 0.05) is 51.0 Å². The van der Waals surface area contributed by atoms with Gasteiger partial charge in [0.25, 0.3) is 0 Å². The number of aryl methyl sites for hydroxylation is 2. The third-order valence-corrected chi connectivity index (χ3v) is 7.59.